The minimum absolute atomic E-state index is 0.693. The largest absolute Gasteiger partial charge is 0.264 e. The number of nitriles is 1. The molecular weight excluding hydrogens is 196 g/mol. The summed E-state index contributed by atoms with van der Waals surface area (Å²) < 4.78 is 0. The average Bonchev–Trinajstić information content (AvgIpc) is 2.29. The summed E-state index contributed by atoms with van der Waals surface area (Å²) in [6, 6.07) is 10.1. The zero-order valence-corrected chi connectivity index (χ0v) is 9.36. The van der Waals surface area contributed by atoms with Gasteiger partial charge in [-0.05, 0) is 31.5 Å². The van der Waals surface area contributed by atoms with E-state index >= 15 is 0 Å². The van der Waals surface area contributed by atoms with Crippen molar-refractivity contribution in [3.8, 4) is 17.2 Å². The van der Waals surface area contributed by atoms with Gasteiger partial charge in [-0.1, -0.05) is 17.7 Å². The minimum Gasteiger partial charge on any atom is -0.264 e. The second kappa shape index (κ2) is 4.16. The van der Waals surface area contributed by atoms with Gasteiger partial charge in [0.15, 0.2) is 0 Å². The monoisotopic (exact) mass is 208 g/mol. The number of rotatable bonds is 1. The molecule has 2 heteroatoms. The van der Waals surface area contributed by atoms with Crippen LogP contribution in [0.15, 0.2) is 36.7 Å². The molecule has 2 nitrogen and oxygen atoms in total. The Labute approximate surface area is 95.2 Å². The standard InChI is InChI=1S/C14H12N2/c1-10-3-4-12(7-15)14(6-10)13-5-11(2)8-16-9-13/h3-6,8-9H,1-2H3. The van der Waals surface area contributed by atoms with Crippen LogP contribution in [0.1, 0.15) is 16.7 Å². The summed E-state index contributed by atoms with van der Waals surface area (Å²) in [5.74, 6) is 0. The van der Waals surface area contributed by atoms with Crippen LogP contribution in [0.3, 0.4) is 0 Å². The lowest BCUT2D eigenvalue weighted by Crippen LogP contribution is -1.88. The normalized spacial score (nSPS) is 9.81. The van der Waals surface area contributed by atoms with E-state index in [1.165, 1.54) is 0 Å². The fourth-order valence-electron chi connectivity index (χ4n) is 1.70. The number of nitrogens with zero attached hydrogens (tertiary/aromatic N) is 2. The van der Waals surface area contributed by atoms with Gasteiger partial charge in [-0.25, -0.2) is 0 Å². The van der Waals surface area contributed by atoms with Crippen LogP contribution in [-0.4, -0.2) is 4.98 Å². The van der Waals surface area contributed by atoms with Crippen LogP contribution in [0.4, 0.5) is 0 Å². The van der Waals surface area contributed by atoms with E-state index in [0.717, 1.165) is 22.3 Å². The Morgan fingerprint density at radius 2 is 1.88 bits per heavy atom. The summed E-state index contributed by atoms with van der Waals surface area (Å²) in [5.41, 5.74) is 4.90. The molecule has 0 aliphatic rings. The molecule has 0 aliphatic carbocycles. The lowest BCUT2D eigenvalue weighted by molar-refractivity contribution is 1.27. The molecule has 0 radical (unpaired) electrons. The zero-order chi connectivity index (χ0) is 11.5. The van der Waals surface area contributed by atoms with Crippen molar-refractivity contribution in [2.24, 2.45) is 0 Å². The number of hydrogen-bond acceptors (Lipinski definition) is 2. The van der Waals surface area contributed by atoms with Gasteiger partial charge in [-0.3, -0.25) is 4.98 Å². The molecule has 0 unspecified atom stereocenters. The SMILES string of the molecule is Cc1cncc(-c2cc(C)ccc2C#N)c1. The Morgan fingerprint density at radius 1 is 1.06 bits per heavy atom. The molecule has 0 saturated heterocycles. The maximum atomic E-state index is 9.07. The summed E-state index contributed by atoms with van der Waals surface area (Å²) in [6.45, 7) is 4.02. The average molecular weight is 208 g/mol. The third-order valence-electron chi connectivity index (χ3n) is 2.48. The number of benzene rings is 1. The van der Waals surface area contributed by atoms with E-state index in [0.29, 0.717) is 5.56 Å². The highest BCUT2D eigenvalue weighted by molar-refractivity contribution is 5.70. The molecule has 0 atom stereocenters. The third-order valence-corrected chi connectivity index (χ3v) is 2.48. The molecule has 16 heavy (non-hydrogen) atoms. The second-order valence-electron chi connectivity index (χ2n) is 3.91. The van der Waals surface area contributed by atoms with Gasteiger partial charge >= 0.3 is 0 Å². The van der Waals surface area contributed by atoms with Crippen molar-refractivity contribution in [1.82, 2.24) is 4.98 Å². The summed E-state index contributed by atoms with van der Waals surface area (Å²) in [7, 11) is 0. The Kier molecular flexibility index (Phi) is 2.70. The first kappa shape index (κ1) is 10.4. The van der Waals surface area contributed by atoms with Gasteiger partial charge in [0.1, 0.15) is 0 Å². The van der Waals surface area contributed by atoms with Crippen molar-refractivity contribution < 1.29 is 0 Å². The van der Waals surface area contributed by atoms with E-state index in [-0.39, 0.29) is 0 Å². The Hall–Kier alpha value is -2.14. The quantitative estimate of drug-likeness (QED) is 0.721. The first-order valence-electron chi connectivity index (χ1n) is 5.13. The van der Waals surface area contributed by atoms with Crippen molar-refractivity contribution in [2.45, 2.75) is 13.8 Å². The van der Waals surface area contributed by atoms with E-state index in [9.17, 15) is 0 Å². The van der Waals surface area contributed by atoms with Gasteiger partial charge in [0.2, 0.25) is 0 Å². The maximum Gasteiger partial charge on any atom is 0.0998 e. The molecule has 0 amide bonds. The number of aromatic nitrogens is 1. The summed E-state index contributed by atoms with van der Waals surface area (Å²) in [6.07, 6.45) is 3.61. The van der Waals surface area contributed by atoms with Gasteiger partial charge in [-0.15, -0.1) is 0 Å². The highest BCUT2D eigenvalue weighted by Gasteiger charge is 2.05. The minimum atomic E-state index is 0.693. The lowest BCUT2D eigenvalue weighted by Gasteiger charge is -2.05. The molecule has 0 aliphatic heterocycles. The van der Waals surface area contributed by atoms with Gasteiger partial charge in [0.25, 0.3) is 0 Å². The van der Waals surface area contributed by atoms with E-state index in [1.807, 2.05) is 44.3 Å². The van der Waals surface area contributed by atoms with Gasteiger partial charge in [-0.2, -0.15) is 5.26 Å². The van der Waals surface area contributed by atoms with Crippen LogP contribution in [0.2, 0.25) is 0 Å². The Morgan fingerprint density at radius 3 is 2.56 bits per heavy atom. The first-order valence-corrected chi connectivity index (χ1v) is 5.13. The molecule has 0 spiro atoms. The molecule has 1 aromatic heterocycles. The predicted octanol–water partition coefficient (Wildman–Crippen LogP) is 3.24. The third kappa shape index (κ3) is 1.94. The number of hydrogen-bond donors (Lipinski definition) is 0. The molecule has 0 N–H and O–H groups in total. The molecular formula is C14H12N2. The smallest absolute Gasteiger partial charge is 0.0998 e. The topological polar surface area (TPSA) is 36.7 Å². The van der Waals surface area contributed by atoms with Crippen LogP contribution in [-0.2, 0) is 0 Å². The molecule has 0 bridgehead atoms. The van der Waals surface area contributed by atoms with Crippen molar-refractivity contribution in [1.29, 1.82) is 5.26 Å². The van der Waals surface area contributed by atoms with Crippen LogP contribution in [0, 0.1) is 25.2 Å². The van der Waals surface area contributed by atoms with Crippen molar-refractivity contribution in [3.63, 3.8) is 0 Å². The molecule has 2 aromatic rings. The van der Waals surface area contributed by atoms with Crippen molar-refractivity contribution in [2.75, 3.05) is 0 Å². The fraction of sp³-hybridized carbons (Fsp3) is 0.143. The summed E-state index contributed by atoms with van der Waals surface area (Å²) in [5, 5.41) is 9.07. The van der Waals surface area contributed by atoms with Crippen LogP contribution in [0.5, 0.6) is 0 Å². The Bertz CT molecular complexity index is 565. The predicted molar refractivity (Wildman–Crippen MR) is 63.9 cm³/mol. The van der Waals surface area contributed by atoms with Crippen molar-refractivity contribution >= 4 is 0 Å². The molecule has 1 heterocycles. The van der Waals surface area contributed by atoms with Crippen LogP contribution in [0.25, 0.3) is 11.1 Å². The number of pyridine rings is 1. The van der Waals surface area contributed by atoms with Crippen LogP contribution < -0.4 is 0 Å². The van der Waals surface area contributed by atoms with Gasteiger partial charge < -0.3 is 0 Å². The van der Waals surface area contributed by atoms with Gasteiger partial charge in [0.05, 0.1) is 11.6 Å². The molecule has 0 saturated carbocycles. The van der Waals surface area contributed by atoms with Crippen molar-refractivity contribution in [3.05, 3.63) is 53.3 Å². The van der Waals surface area contributed by atoms with Gasteiger partial charge in [0, 0.05) is 23.5 Å². The summed E-state index contributed by atoms with van der Waals surface area (Å²) >= 11 is 0. The maximum absolute atomic E-state index is 9.07. The van der Waals surface area contributed by atoms with E-state index in [2.05, 4.69) is 11.1 Å². The van der Waals surface area contributed by atoms with E-state index in [4.69, 9.17) is 5.26 Å². The molecule has 0 fully saturated rings. The van der Waals surface area contributed by atoms with E-state index < -0.39 is 0 Å². The second-order valence-corrected chi connectivity index (χ2v) is 3.91. The molecule has 2 rings (SSSR count). The Balaban J connectivity index is 2.64. The fourth-order valence-corrected chi connectivity index (χ4v) is 1.70. The lowest BCUT2D eigenvalue weighted by atomic mass is 9.99. The first-order chi connectivity index (χ1) is 7.70. The van der Waals surface area contributed by atoms with E-state index in [1.54, 1.807) is 6.20 Å². The zero-order valence-electron chi connectivity index (χ0n) is 9.36. The highest BCUT2D eigenvalue weighted by atomic mass is 14.6. The molecule has 1 aromatic carbocycles. The highest BCUT2D eigenvalue weighted by Crippen LogP contribution is 2.24. The summed E-state index contributed by atoms with van der Waals surface area (Å²) in [4.78, 5) is 4.16. The number of aryl methyl sites for hydroxylation is 2. The van der Waals surface area contributed by atoms with Crippen LogP contribution >= 0.6 is 0 Å². The molecule has 78 valence electrons.